The van der Waals surface area contributed by atoms with Crippen LogP contribution in [-0.2, 0) is 10.0 Å². The molecule has 0 aromatic heterocycles. The second-order valence-electron chi connectivity index (χ2n) is 6.39. The Bertz CT molecular complexity index is 880. The monoisotopic (exact) mass is 376 g/mol. The van der Waals surface area contributed by atoms with Crippen molar-refractivity contribution in [3.63, 3.8) is 0 Å². The normalized spacial score (nSPS) is 17.5. The molecule has 3 rings (SSSR count). The summed E-state index contributed by atoms with van der Waals surface area (Å²) in [5.74, 6) is -0.435. The van der Waals surface area contributed by atoms with E-state index < -0.39 is 10.0 Å². The van der Waals surface area contributed by atoms with Gasteiger partial charge >= 0.3 is 0 Å². The van der Waals surface area contributed by atoms with Gasteiger partial charge in [-0.1, -0.05) is 12.1 Å². The van der Waals surface area contributed by atoms with Crippen LogP contribution in [0.4, 0.5) is 10.1 Å². The number of rotatable bonds is 4. The predicted octanol–water partition coefficient (Wildman–Crippen LogP) is 3.25. The molecule has 1 fully saturated rings. The fraction of sp³-hybridized carbons (Fsp3) is 0.316. The molecule has 7 heteroatoms. The van der Waals surface area contributed by atoms with Crippen LogP contribution in [0.2, 0.25) is 0 Å². The average Bonchev–Trinajstić information content (AvgIpc) is 2.62. The van der Waals surface area contributed by atoms with Crippen molar-refractivity contribution >= 4 is 21.6 Å². The van der Waals surface area contributed by atoms with Gasteiger partial charge in [-0.15, -0.1) is 0 Å². The third kappa shape index (κ3) is 4.04. The van der Waals surface area contributed by atoms with E-state index in [9.17, 15) is 17.6 Å². The van der Waals surface area contributed by atoms with Crippen molar-refractivity contribution < 1.29 is 17.6 Å². The summed E-state index contributed by atoms with van der Waals surface area (Å²) in [6.07, 6.45) is 1.51. The van der Waals surface area contributed by atoms with Crippen LogP contribution in [0.1, 0.15) is 41.7 Å². The maximum absolute atomic E-state index is 13.0. The van der Waals surface area contributed by atoms with Gasteiger partial charge in [0.15, 0.2) is 0 Å². The summed E-state index contributed by atoms with van der Waals surface area (Å²) < 4.78 is 38.7. The molecule has 0 bridgehead atoms. The Morgan fingerprint density at radius 3 is 2.35 bits per heavy atom. The molecule has 1 aliphatic heterocycles. The summed E-state index contributed by atoms with van der Waals surface area (Å²) in [6.45, 7) is 2.29. The summed E-state index contributed by atoms with van der Waals surface area (Å²) in [5.41, 5.74) is 1.82. The minimum atomic E-state index is -3.27. The molecule has 0 radical (unpaired) electrons. The predicted molar refractivity (Wildman–Crippen MR) is 99.1 cm³/mol. The Kier molecular flexibility index (Phi) is 5.27. The third-order valence-electron chi connectivity index (χ3n) is 4.48. The van der Waals surface area contributed by atoms with Crippen LogP contribution in [0.25, 0.3) is 0 Å². The number of hydrogen-bond acceptors (Lipinski definition) is 3. The fourth-order valence-electron chi connectivity index (χ4n) is 2.97. The highest BCUT2D eigenvalue weighted by Gasteiger charge is 2.26. The lowest BCUT2D eigenvalue weighted by Crippen LogP contribution is -2.37. The van der Waals surface area contributed by atoms with Crippen LogP contribution in [0.5, 0.6) is 0 Å². The van der Waals surface area contributed by atoms with E-state index in [-0.39, 0.29) is 23.5 Å². The van der Waals surface area contributed by atoms with Gasteiger partial charge in [-0.25, -0.2) is 12.8 Å². The number of anilines is 1. The zero-order valence-corrected chi connectivity index (χ0v) is 15.3. The van der Waals surface area contributed by atoms with Crippen molar-refractivity contribution in [2.75, 3.05) is 16.6 Å². The van der Waals surface area contributed by atoms with Crippen molar-refractivity contribution in [3.05, 3.63) is 65.5 Å². The van der Waals surface area contributed by atoms with Crippen LogP contribution in [-0.4, -0.2) is 26.6 Å². The Morgan fingerprint density at radius 1 is 1.08 bits per heavy atom. The van der Waals surface area contributed by atoms with Crippen LogP contribution in [0.3, 0.4) is 0 Å². The molecule has 5 nitrogen and oxygen atoms in total. The van der Waals surface area contributed by atoms with Crippen molar-refractivity contribution in [2.45, 2.75) is 25.8 Å². The first-order valence-corrected chi connectivity index (χ1v) is 10.1. The Hall–Kier alpha value is -2.41. The molecule has 0 spiro atoms. The highest BCUT2D eigenvalue weighted by molar-refractivity contribution is 7.92. The minimum absolute atomic E-state index is 0.157. The van der Waals surface area contributed by atoms with Gasteiger partial charge in [0, 0.05) is 12.1 Å². The number of nitrogens with one attached hydrogen (secondary N) is 1. The minimum Gasteiger partial charge on any atom is -0.346 e. The second kappa shape index (κ2) is 7.45. The highest BCUT2D eigenvalue weighted by atomic mass is 32.2. The molecule has 1 atom stereocenters. The molecule has 1 aliphatic rings. The molecular formula is C19H21FN2O3S. The first kappa shape index (κ1) is 18.4. The van der Waals surface area contributed by atoms with E-state index in [1.807, 2.05) is 6.92 Å². The Labute approximate surface area is 152 Å². The molecule has 1 heterocycles. The number of halogens is 1. The fourth-order valence-corrected chi connectivity index (χ4v) is 4.61. The lowest BCUT2D eigenvalue weighted by molar-refractivity contribution is 0.0940. The SMILES string of the molecule is C[C@H](NC(=O)c1ccc(N2CCCCS2(=O)=O)cc1)c1ccc(F)cc1. The van der Waals surface area contributed by atoms with Gasteiger partial charge in [0.2, 0.25) is 10.0 Å². The summed E-state index contributed by atoms with van der Waals surface area (Å²) in [5, 5.41) is 2.85. The molecule has 1 N–H and O–H groups in total. The number of carbonyl (C=O) groups excluding carboxylic acids is 1. The van der Waals surface area contributed by atoms with Gasteiger partial charge in [-0.3, -0.25) is 9.10 Å². The van der Waals surface area contributed by atoms with Crippen molar-refractivity contribution in [2.24, 2.45) is 0 Å². The smallest absolute Gasteiger partial charge is 0.251 e. The molecule has 0 unspecified atom stereocenters. The van der Waals surface area contributed by atoms with E-state index in [0.717, 1.165) is 12.0 Å². The zero-order chi connectivity index (χ0) is 18.7. The van der Waals surface area contributed by atoms with E-state index in [4.69, 9.17) is 0 Å². The van der Waals surface area contributed by atoms with E-state index in [1.54, 1.807) is 36.4 Å². The quantitative estimate of drug-likeness (QED) is 0.891. The van der Waals surface area contributed by atoms with Gasteiger partial charge in [-0.2, -0.15) is 0 Å². The standard InChI is InChI=1S/C19H21FN2O3S/c1-14(15-4-8-17(20)9-5-15)21-19(23)16-6-10-18(11-7-16)22-12-2-3-13-26(22,24)25/h4-11,14H,2-3,12-13H2,1H3,(H,21,23)/t14-/m0/s1. The van der Waals surface area contributed by atoms with Crippen LogP contribution in [0, 0.1) is 5.82 Å². The van der Waals surface area contributed by atoms with Crippen LogP contribution < -0.4 is 9.62 Å². The lowest BCUT2D eigenvalue weighted by Gasteiger charge is -2.28. The van der Waals surface area contributed by atoms with Gasteiger partial charge in [0.25, 0.3) is 5.91 Å². The number of carbonyl (C=O) groups is 1. The molecule has 1 amide bonds. The molecule has 26 heavy (non-hydrogen) atoms. The highest BCUT2D eigenvalue weighted by Crippen LogP contribution is 2.24. The Morgan fingerprint density at radius 2 is 1.73 bits per heavy atom. The van der Waals surface area contributed by atoms with Crippen LogP contribution >= 0.6 is 0 Å². The summed E-state index contributed by atoms with van der Waals surface area (Å²) in [6, 6.07) is 12.2. The number of sulfonamides is 1. The number of benzene rings is 2. The molecule has 0 aliphatic carbocycles. The third-order valence-corrected chi connectivity index (χ3v) is 6.35. The maximum atomic E-state index is 13.0. The van der Waals surface area contributed by atoms with Crippen molar-refractivity contribution in [1.82, 2.24) is 5.32 Å². The maximum Gasteiger partial charge on any atom is 0.251 e. The zero-order valence-electron chi connectivity index (χ0n) is 14.5. The van der Waals surface area contributed by atoms with E-state index in [0.29, 0.717) is 24.2 Å². The van der Waals surface area contributed by atoms with E-state index in [1.165, 1.54) is 16.4 Å². The van der Waals surface area contributed by atoms with Gasteiger partial charge < -0.3 is 5.32 Å². The molecule has 1 saturated heterocycles. The summed E-state index contributed by atoms with van der Waals surface area (Å²) >= 11 is 0. The molecule has 2 aromatic rings. The van der Waals surface area contributed by atoms with E-state index in [2.05, 4.69) is 5.32 Å². The number of nitrogens with zero attached hydrogens (tertiary/aromatic N) is 1. The van der Waals surface area contributed by atoms with Crippen LogP contribution in [0.15, 0.2) is 48.5 Å². The molecule has 0 saturated carbocycles. The van der Waals surface area contributed by atoms with Gasteiger partial charge in [-0.05, 0) is 61.7 Å². The van der Waals surface area contributed by atoms with E-state index >= 15 is 0 Å². The first-order valence-electron chi connectivity index (χ1n) is 8.53. The molecule has 2 aromatic carbocycles. The van der Waals surface area contributed by atoms with Crippen molar-refractivity contribution in [3.8, 4) is 0 Å². The van der Waals surface area contributed by atoms with Gasteiger partial charge in [0.05, 0.1) is 17.5 Å². The number of amides is 1. The first-order chi connectivity index (χ1) is 12.4. The van der Waals surface area contributed by atoms with Gasteiger partial charge in [0.1, 0.15) is 5.82 Å². The Balaban J connectivity index is 1.70. The second-order valence-corrected chi connectivity index (χ2v) is 8.40. The number of hydrogen-bond donors (Lipinski definition) is 1. The molecule has 138 valence electrons. The lowest BCUT2D eigenvalue weighted by atomic mass is 10.1. The van der Waals surface area contributed by atoms with Crippen molar-refractivity contribution in [1.29, 1.82) is 0 Å². The topological polar surface area (TPSA) is 66.5 Å². The summed E-state index contributed by atoms with van der Waals surface area (Å²) in [7, 11) is -3.27. The largest absolute Gasteiger partial charge is 0.346 e. The average molecular weight is 376 g/mol. The molecular weight excluding hydrogens is 355 g/mol. The summed E-state index contributed by atoms with van der Waals surface area (Å²) in [4.78, 5) is 12.4.